The van der Waals surface area contributed by atoms with E-state index in [4.69, 9.17) is 9.47 Å². The number of nitrogens with zero attached hydrogens (tertiary/aromatic N) is 1. The zero-order chi connectivity index (χ0) is 34.1. The van der Waals surface area contributed by atoms with E-state index in [1.807, 2.05) is 41.5 Å². The van der Waals surface area contributed by atoms with Crippen LogP contribution in [0.4, 0.5) is 0 Å². The highest BCUT2D eigenvalue weighted by molar-refractivity contribution is 7.89. The largest absolute Gasteiger partial charge is 0.458 e. The van der Waals surface area contributed by atoms with Crippen LogP contribution in [0.5, 0.6) is 0 Å². The minimum Gasteiger partial charge on any atom is -0.458 e. The third-order valence-electron chi connectivity index (χ3n) is 6.83. The maximum atomic E-state index is 13.0. The van der Waals surface area contributed by atoms with Crippen molar-refractivity contribution < 1.29 is 35.9 Å². The maximum Gasteiger partial charge on any atom is 0.324 e. The van der Waals surface area contributed by atoms with Crippen LogP contribution < -0.4 is 9.44 Å². The van der Waals surface area contributed by atoms with E-state index in [0.717, 1.165) is 11.1 Å². The van der Waals surface area contributed by atoms with E-state index in [-0.39, 0.29) is 47.7 Å². The number of sulfonamides is 2. The van der Waals surface area contributed by atoms with Gasteiger partial charge in [0.15, 0.2) is 0 Å². The van der Waals surface area contributed by atoms with Gasteiger partial charge in [-0.3, -0.25) is 14.6 Å². The van der Waals surface area contributed by atoms with Gasteiger partial charge in [-0.15, -0.1) is 0 Å². The summed E-state index contributed by atoms with van der Waals surface area (Å²) >= 11 is 0. The minimum absolute atomic E-state index is 0.00436. The molecule has 3 rings (SSSR count). The summed E-state index contributed by atoms with van der Waals surface area (Å²) in [6.07, 6.45) is 0.442. The fourth-order valence-electron chi connectivity index (χ4n) is 4.45. The Balaban J connectivity index is 1.63. The summed E-state index contributed by atoms with van der Waals surface area (Å²) in [5, 5.41) is 0. The van der Waals surface area contributed by atoms with Crippen molar-refractivity contribution in [3.05, 3.63) is 89.2 Å². The van der Waals surface area contributed by atoms with Gasteiger partial charge in [0, 0.05) is 0 Å². The first-order valence-corrected chi connectivity index (χ1v) is 18.0. The average Bonchev–Trinajstić information content (AvgIpc) is 2.98. The number of carbonyl (C=O) groups is 2. The molecule has 2 atom stereocenters. The molecular weight excluding hydrogens is 631 g/mol. The number of carbonyl (C=O) groups excluding carboxylic acids is 2. The van der Waals surface area contributed by atoms with Crippen molar-refractivity contribution in [1.29, 1.82) is 0 Å². The molecular formula is C33H43N3O8S2. The van der Waals surface area contributed by atoms with Crippen LogP contribution in [-0.4, -0.2) is 45.8 Å². The summed E-state index contributed by atoms with van der Waals surface area (Å²) in [4.78, 5) is 30.5. The van der Waals surface area contributed by atoms with Gasteiger partial charge in [0.1, 0.15) is 25.3 Å². The molecule has 11 nitrogen and oxygen atoms in total. The van der Waals surface area contributed by atoms with Gasteiger partial charge in [-0.05, 0) is 74.9 Å². The van der Waals surface area contributed by atoms with Crippen molar-refractivity contribution in [3.8, 4) is 0 Å². The van der Waals surface area contributed by atoms with Crippen molar-refractivity contribution in [2.24, 2.45) is 11.8 Å². The zero-order valence-corrected chi connectivity index (χ0v) is 28.7. The molecule has 0 amide bonds. The third-order valence-corrected chi connectivity index (χ3v) is 9.80. The number of hydrogen-bond acceptors (Lipinski definition) is 9. The lowest BCUT2D eigenvalue weighted by Gasteiger charge is -2.20. The Hall–Kier alpha value is -3.65. The third kappa shape index (κ3) is 11.3. The molecule has 2 N–H and O–H groups in total. The lowest BCUT2D eigenvalue weighted by atomic mass is 10.1. The Kier molecular flexibility index (Phi) is 13.0. The van der Waals surface area contributed by atoms with Crippen LogP contribution in [0.25, 0.3) is 0 Å². The van der Waals surface area contributed by atoms with E-state index < -0.39 is 44.1 Å². The molecule has 0 fully saturated rings. The summed E-state index contributed by atoms with van der Waals surface area (Å²) in [7, 11) is -7.95. The Morgan fingerprint density at radius 2 is 0.978 bits per heavy atom. The monoisotopic (exact) mass is 673 g/mol. The fraction of sp³-hybridized carbons (Fsp3) is 0.424. The first-order valence-electron chi connectivity index (χ1n) is 15.0. The summed E-state index contributed by atoms with van der Waals surface area (Å²) < 4.78 is 67.6. The molecule has 0 unspecified atom stereocenters. The topological polar surface area (TPSA) is 158 Å². The van der Waals surface area contributed by atoms with Gasteiger partial charge in [-0.25, -0.2) is 16.8 Å². The van der Waals surface area contributed by atoms with Gasteiger partial charge in [-0.2, -0.15) is 9.44 Å². The predicted molar refractivity (Wildman–Crippen MR) is 173 cm³/mol. The molecule has 0 saturated heterocycles. The fourth-order valence-corrected chi connectivity index (χ4v) is 6.85. The summed E-state index contributed by atoms with van der Waals surface area (Å²) in [5.74, 6) is -1.51. The lowest BCUT2D eigenvalue weighted by molar-refractivity contribution is -0.148. The molecule has 0 radical (unpaired) electrons. The van der Waals surface area contributed by atoms with Crippen LogP contribution in [0.2, 0.25) is 0 Å². The smallest absolute Gasteiger partial charge is 0.324 e. The van der Waals surface area contributed by atoms with Crippen LogP contribution in [-0.2, 0) is 52.3 Å². The molecule has 3 aromatic rings. The van der Waals surface area contributed by atoms with E-state index >= 15 is 0 Å². The second-order valence-corrected chi connectivity index (χ2v) is 15.5. The van der Waals surface area contributed by atoms with Crippen LogP contribution in [0.3, 0.4) is 0 Å². The van der Waals surface area contributed by atoms with Gasteiger partial charge in [-0.1, -0.05) is 69.2 Å². The molecule has 2 aromatic carbocycles. The van der Waals surface area contributed by atoms with E-state index in [9.17, 15) is 26.4 Å². The molecule has 1 heterocycles. The molecule has 0 aliphatic heterocycles. The molecule has 0 aliphatic rings. The molecule has 46 heavy (non-hydrogen) atoms. The number of aryl methyl sites for hydroxylation is 2. The second kappa shape index (κ2) is 16.3. The number of aromatic nitrogens is 1. The van der Waals surface area contributed by atoms with Crippen molar-refractivity contribution in [2.75, 3.05) is 0 Å². The lowest BCUT2D eigenvalue weighted by Crippen LogP contribution is -2.42. The van der Waals surface area contributed by atoms with Crippen LogP contribution in [0.1, 0.15) is 63.1 Å². The number of nitrogens with one attached hydrogen (secondary N) is 2. The number of ether oxygens (including phenoxy) is 2. The van der Waals surface area contributed by atoms with E-state index in [0.29, 0.717) is 11.4 Å². The molecule has 1 aromatic heterocycles. The van der Waals surface area contributed by atoms with E-state index in [2.05, 4.69) is 14.4 Å². The predicted octanol–water partition coefficient (Wildman–Crippen LogP) is 4.57. The van der Waals surface area contributed by atoms with Gasteiger partial charge < -0.3 is 9.47 Å². The molecule has 0 aliphatic carbocycles. The van der Waals surface area contributed by atoms with Gasteiger partial charge in [0.25, 0.3) is 0 Å². The standard InChI is InChI=1S/C33H43N3O8S2/c1-22(2)18-30(35-45(39,40)28-14-10-24(5)11-15-28)32(37)43-20-26-8-7-9-27(34-26)21-44-33(38)31(19-23(3)4)36-46(41,42)29-16-12-25(6)13-17-29/h7-17,22-23,30-31,35-36H,18-21H2,1-6H3/t30-,31-/m0/s1. The first kappa shape index (κ1) is 36.8. The Labute approximate surface area is 272 Å². The Morgan fingerprint density at radius 3 is 1.30 bits per heavy atom. The summed E-state index contributed by atoms with van der Waals surface area (Å²) in [6, 6.07) is 15.2. The van der Waals surface area contributed by atoms with Crippen LogP contribution in [0.15, 0.2) is 76.5 Å². The highest BCUT2D eigenvalue weighted by Gasteiger charge is 2.29. The summed E-state index contributed by atoms with van der Waals surface area (Å²) in [6.45, 7) is 10.7. The maximum absolute atomic E-state index is 13.0. The Bertz CT molecular complexity index is 1570. The minimum atomic E-state index is -3.97. The van der Waals surface area contributed by atoms with E-state index in [1.54, 1.807) is 42.5 Å². The highest BCUT2D eigenvalue weighted by atomic mass is 32.2. The molecule has 0 bridgehead atoms. The molecule has 13 heteroatoms. The van der Waals surface area contributed by atoms with Crippen LogP contribution in [0, 0.1) is 25.7 Å². The van der Waals surface area contributed by atoms with Crippen molar-refractivity contribution in [1.82, 2.24) is 14.4 Å². The van der Waals surface area contributed by atoms with Gasteiger partial charge in [0.2, 0.25) is 20.0 Å². The quantitative estimate of drug-likeness (QED) is 0.208. The van der Waals surface area contributed by atoms with Crippen LogP contribution >= 0.6 is 0 Å². The second-order valence-electron chi connectivity index (χ2n) is 12.1. The normalized spacial score (nSPS) is 13.4. The average molecular weight is 674 g/mol. The van der Waals surface area contributed by atoms with Gasteiger partial charge >= 0.3 is 11.9 Å². The van der Waals surface area contributed by atoms with Crippen molar-refractivity contribution in [2.45, 2.75) is 89.5 Å². The highest BCUT2D eigenvalue weighted by Crippen LogP contribution is 2.17. The number of esters is 2. The molecule has 0 spiro atoms. The van der Waals surface area contributed by atoms with Crippen molar-refractivity contribution >= 4 is 32.0 Å². The van der Waals surface area contributed by atoms with Gasteiger partial charge in [0.05, 0.1) is 21.2 Å². The summed E-state index contributed by atoms with van der Waals surface area (Å²) in [5.41, 5.74) is 2.51. The number of benzene rings is 2. The molecule has 250 valence electrons. The molecule has 0 saturated carbocycles. The number of pyridine rings is 1. The zero-order valence-electron chi connectivity index (χ0n) is 27.0. The van der Waals surface area contributed by atoms with Crippen molar-refractivity contribution in [3.63, 3.8) is 0 Å². The first-order chi connectivity index (χ1) is 21.6. The SMILES string of the molecule is Cc1ccc(S(=O)(=O)N[C@@H](CC(C)C)C(=O)OCc2cccc(COC(=O)[C@H](CC(C)C)NS(=O)(=O)c3ccc(C)cc3)n2)cc1. The Morgan fingerprint density at radius 1 is 0.630 bits per heavy atom. The van der Waals surface area contributed by atoms with E-state index in [1.165, 1.54) is 24.3 Å². The number of rotatable bonds is 16. The number of hydrogen-bond donors (Lipinski definition) is 2.